The molecule has 0 saturated carbocycles. The summed E-state index contributed by atoms with van der Waals surface area (Å²) in [7, 11) is 0. The molecule has 6 heteroatoms. The first-order valence-corrected chi connectivity index (χ1v) is 17.5. The van der Waals surface area contributed by atoms with Crippen molar-refractivity contribution in [3.63, 3.8) is 0 Å². The second kappa shape index (κ2) is 12.9. The van der Waals surface area contributed by atoms with Crippen LogP contribution < -0.4 is 20.4 Å². The fourth-order valence-electron chi connectivity index (χ4n) is 6.44. The van der Waals surface area contributed by atoms with E-state index in [9.17, 15) is 20.1 Å². The Bertz CT molecular complexity index is 1750. The van der Waals surface area contributed by atoms with Gasteiger partial charge in [-0.15, -0.1) is 0 Å². The fraction of sp³-hybridized carbons (Fsp3) is 0.0750. The quantitative estimate of drug-likeness (QED) is 0.102. The van der Waals surface area contributed by atoms with Gasteiger partial charge in [-0.1, -0.05) is 0 Å². The number of aromatic hydroxyl groups is 2. The van der Waals surface area contributed by atoms with Crippen molar-refractivity contribution in [2.75, 3.05) is 6.16 Å². The number of carbonyl (C=O) groups is 1. The van der Waals surface area contributed by atoms with E-state index in [4.69, 9.17) is 4.52 Å². The molecule has 0 bridgehead atoms. The van der Waals surface area contributed by atoms with Gasteiger partial charge in [0.05, 0.1) is 0 Å². The second-order valence-corrected chi connectivity index (χ2v) is 16.0. The summed E-state index contributed by atoms with van der Waals surface area (Å²) in [6.45, 7) is -3.93. The summed E-state index contributed by atoms with van der Waals surface area (Å²) in [5.41, 5.74) is 2.96. The molecule has 5 nitrogen and oxygen atoms in total. The van der Waals surface area contributed by atoms with Crippen molar-refractivity contribution >= 4 is 28.7 Å². The molecule has 6 rings (SSSR count). The van der Waals surface area contributed by atoms with Crippen LogP contribution in [0.2, 0.25) is 0 Å². The number of rotatable bonds is 11. The summed E-state index contributed by atoms with van der Waals surface area (Å²) in [5.74, 6) is -0.0607. The molecule has 0 spiro atoms. The Hall–Kier alpha value is -5.38. The van der Waals surface area contributed by atoms with E-state index in [0.717, 1.165) is 32.6 Å². The molecule has 0 heterocycles. The van der Waals surface area contributed by atoms with E-state index < -0.39 is 12.8 Å². The van der Waals surface area contributed by atoms with Gasteiger partial charge < -0.3 is 0 Å². The Morgan fingerprint density at radius 1 is 0.522 bits per heavy atom. The van der Waals surface area contributed by atoms with Crippen molar-refractivity contribution < 1.29 is 24.6 Å². The second-order valence-electron chi connectivity index (χ2n) is 11.4. The molecule has 0 saturated heterocycles. The Morgan fingerprint density at radius 2 is 0.870 bits per heavy atom. The van der Waals surface area contributed by atoms with Gasteiger partial charge in [0.1, 0.15) is 0 Å². The molecular weight excluding hydrogens is 591 g/mol. The third-order valence-corrected chi connectivity index (χ3v) is 14.5. The first kappa shape index (κ1) is 30.6. The number of phenols is 2. The van der Waals surface area contributed by atoms with Crippen LogP contribution in [0.1, 0.15) is 29.0 Å². The molecule has 0 atom stereocenters. The molecule has 6 aromatic carbocycles. The standard InChI is InChI=1S/C40H35O5P/c41-33-22-16-30(17-23-33)40(31-18-24-34(42)25-19-31)32-20-26-35(27-21-32)45-46(29-28-39(43)44,36-10-4-1-5-11-36,37-12-6-2-7-13-37)38-14-8-3-9-15-38/h1-27,40-42H,28-29H2,(H,43,44). The van der Waals surface area contributed by atoms with Gasteiger partial charge in [0.15, 0.2) is 0 Å². The van der Waals surface area contributed by atoms with E-state index in [-0.39, 0.29) is 30.0 Å². The van der Waals surface area contributed by atoms with Crippen LogP contribution in [-0.4, -0.2) is 27.5 Å². The average molecular weight is 627 g/mol. The van der Waals surface area contributed by atoms with E-state index in [0.29, 0.717) is 5.75 Å². The molecule has 0 aromatic heterocycles. The minimum absolute atomic E-state index is 0.0850. The minimum atomic E-state index is -3.93. The van der Waals surface area contributed by atoms with Crippen LogP contribution in [0.3, 0.4) is 0 Å². The topological polar surface area (TPSA) is 87.0 Å². The number of hydrogen-bond acceptors (Lipinski definition) is 4. The van der Waals surface area contributed by atoms with Crippen LogP contribution >= 0.6 is 6.83 Å². The third-order valence-electron chi connectivity index (χ3n) is 8.63. The number of carboxylic acids is 1. The van der Waals surface area contributed by atoms with Gasteiger partial charge in [0.25, 0.3) is 0 Å². The molecular formula is C40H35O5P. The third kappa shape index (κ3) is 5.74. The van der Waals surface area contributed by atoms with Gasteiger partial charge in [-0.2, -0.15) is 0 Å². The van der Waals surface area contributed by atoms with Crippen molar-refractivity contribution in [3.05, 3.63) is 180 Å². The monoisotopic (exact) mass is 626 g/mol. The van der Waals surface area contributed by atoms with Crippen LogP contribution in [0.25, 0.3) is 0 Å². The van der Waals surface area contributed by atoms with Crippen molar-refractivity contribution in [2.45, 2.75) is 12.3 Å². The maximum atomic E-state index is 12.3. The van der Waals surface area contributed by atoms with Crippen LogP contribution in [0.4, 0.5) is 0 Å². The summed E-state index contributed by atoms with van der Waals surface area (Å²) >= 11 is 0. The van der Waals surface area contributed by atoms with E-state index in [2.05, 4.69) is 36.4 Å². The summed E-state index contributed by atoms with van der Waals surface area (Å²) in [4.78, 5) is 12.3. The molecule has 0 fully saturated rings. The Labute approximate surface area is 269 Å². The fourth-order valence-corrected chi connectivity index (χ4v) is 12.1. The summed E-state index contributed by atoms with van der Waals surface area (Å²) < 4.78 is 7.48. The van der Waals surface area contributed by atoms with E-state index >= 15 is 0 Å². The van der Waals surface area contributed by atoms with Gasteiger partial charge in [0.2, 0.25) is 0 Å². The van der Waals surface area contributed by atoms with E-state index in [1.165, 1.54) is 0 Å². The first-order chi connectivity index (χ1) is 22.4. The number of aliphatic carboxylic acids is 1. The first-order valence-electron chi connectivity index (χ1n) is 15.2. The SMILES string of the molecule is O=C(O)CCP(Oc1ccc(C(c2ccc(O)cc2)c2ccc(O)cc2)cc1)(c1ccccc1)(c1ccccc1)c1ccccc1. The Morgan fingerprint density at radius 3 is 1.22 bits per heavy atom. The van der Waals surface area contributed by atoms with Crippen LogP contribution in [0.5, 0.6) is 17.2 Å². The molecule has 0 aliphatic rings. The van der Waals surface area contributed by atoms with Crippen LogP contribution in [-0.2, 0) is 4.79 Å². The zero-order valence-electron chi connectivity index (χ0n) is 25.2. The zero-order chi connectivity index (χ0) is 32.0. The molecule has 0 unspecified atom stereocenters. The van der Waals surface area contributed by atoms with Gasteiger partial charge in [-0.05, 0) is 0 Å². The van der Waals surface area contributed by atoms with Gasteiger partial charge in [-0.25, -0.2) is 0 Å². The molecule has 0 amide bonds. The molecule has 0 radical (unpaired) electrons. The zero-order valence-corrected chi connectivity index (χ0v) is 26.1. The van der Waals surface area contributed by atoms with Crippen molar-refractivity contribution in [3.8, 4) is 17.2 Å². The van der Waals surface area contributed by atoms with Crippen molar-refractivity contribution in [1.82, 2.24) is 0 Å². The molecule has 46 heavy (non-hydrogen) atoms. The van der Waals surface area contributed by atoms with Gasteiger partial charge in [-0.3, -0.25) is 0 Å². The molecule has 0 aliphatic carbocycles. The Balaban J connectivity index is 1.54. The van der Waals surface area contributed by atoms with E-state index in [1.807, 2.05) is 103 Å². The molecule has 3 N–H and O–H groups in total. The summed E-state index contributed by atoms with van der Waals surface area (Å²) in [6, 6.07) is 52.4. The molecule has 230 valence electrons. The van der Waals surface area contributed by atoms with Crippen LogP contribution in [0.15, 0.2) is 164 Å². The number of benzene rings is 6. The van der Waals surface area contributed by atoms with Gasteiger partial charge >= 0.3 is 270 Å². The normalized spacial score (nSPS) is 12.2. The maximum absolute atomic E-state index is 12.3. The van der Waals surface area contributed by atoms with Crippen molar-refractivity contribution in [2.24, 2.45) is 0 Å². The average Bonchev–Trinajstić information content (AvgIpc) is 3.10. The molecule has 0 aliphatic heterocycles. The number of hydrogen-bond donors (Lipinski definition) is 3. The predicted octanol–water partition coefficient (Wildman–Crippen LogP) is 7.58. The Kier molecular flexibility index (Phi) is 8.61. The number of carboxylic acid groups (broad SMARTS) is 1. The molecule has 6 aromatic rings. The summed E-state index contributed by atoms with van der Waals surface area (Å²) in [5, 5.41) is 32.8. The van der Waals surface area contributed by atoms with Gasteiger partial charge in [0, 0.05) is 0 Å². The van der Waals surface area contributed by atoms with Crippen LogP contribution in [0, 0.1) is 0 Å². The summed E-state index contributed by atoms with van der Waals surface area (Å²) in [6.07, 6.45) is 0.183. The predicted molar refractivity (Wildman–Crippen MR) is 186 cm³/mol. The number of phenolic OH excluding ortho intramolecular Hbond substituents is 2. The van der Waals surface area contributed by atoms with E-state index in [1.54, 1.807) is 24.3 Å². The van der Waals surface area contributed by atoms with Crippen molar-refractivity contribution in [1.29, 1.82) is 0 Å².